The minimum Gasteiger partial charge on any atom is -0.333 e. The number of carbonyl (C=O) groups excluding carboxylic acids is 1. The number of fused-ring (bicyclic) bond motifs is 2. The molecular weight excluding hydrogens is 419 g/mol. The van der Waals surface area contributed by atoms with Crippen LogP contribution in [-0.4, -0.2) is 15.8 Å². The summed E-state index contributed by atoms with van der Waals surface area (Å²) in [6.07, 6.45) is 0.810. The third-order valence-corrected chi connectivity index (χ3v) is 6.37. The maximum atomic E-state index is 13.1. The molecule has 0 amide bonds. The molecule has 0 radical (unpaired) electrons. The van der Waals surface area contributed by atoms with Crippen LogP contribution in [0.4, 0.5) is 4.39 Å². The van der Waals surface area contributed by atoms with Gasteiger partial charge in [-0.05, 0) is 51.7 Å². The fourth-order valence-electron chi connectivity index (χ4n) is 3.81. The SMILES string of the molecule is O=C(Cc1ccc2ccccc2c1)Cc1ccc2nc(SCc3ccc(F)cc3)[nH]c2c1. The number of carbonyl (C=O) groups is 1. The van der Waals surface area contributed by atoms with E-state index in [0.29, 0.717) is 18.6 Å². The number of aromatic nitrogens is 2. The largest absolute Gasteiger partial charge is 0.333 e. The lowest BCUT2D eigenvalue weighted by Crippen LogP contribution is -2.06. The monoisotopic (exact) mass is 440 g/mol. The molecule has 5 aromatic rings. The van der Waals surface area contributed by atoms with E-state index in [1.807, 2.05) is 36.4 Å². The summed E-state index contributed by atoms with van der Waals surface area (Å²) in [4.78, 5) is 20.6. The topological polar surface area (TPSA) is 45.8 Å². The lowest BCUT2D eigenvalue weighted by atomic mass is 10.00. The first-order valence-corrected chi connectivity index (χ1v) is 11.5. The highest BCUT2D eigenvalue weighted by Crippen LogP contribution is 2.24. The van der Waals surface area contributed by atoms with E-state index >= 15 is 0 Å². The normalized spacial score (nSPS) is 11.3. The van der Waals surface area contributed by atoms with E-state index < -0.39 is 0 Å². The van der Waals surface area contributed by atoms with Gasteiger partial charge in [0.05, 0.1) is 11.0 Å². The van der Waals surface area contributed by atoms with Gasteiger partial charge in [-0.3, -0.25) is 4.79 Å². The zero-order chi connectivity index (χ0) is 21.9. The van der Waals surface area contributed by atoms with Crippen LogP contribution >= 0.6 is 11.8 Å². The Balaban J connectivity index is 1.24. The Morgan fingerprint density at radius 2 is 1.50 bits per heavy atom. The number of halogens is 1. The first kappa shape index (κ1) is 20.5. The first-order chi connectivity index (χ1) is 15.6. The van der Waals surface area contributed by atoms with Crippen molar-refractivity contribution in [3.05, 3.63) is 107 Å². The molecule has 1 aromatic heterocycles. The van der Waals surface area contributed by atoms with Crippen molar-refractivity contribution in [1.29, 1.82) is 0 Å². The molecule has 1 N–H and O–H groups in total. The summed E-state index contributed by atoms with van der Waals surface area (Å²) in [6.45, 7) is 0. The van der Waals surface area contributed by atoms with Gasteiger partial charge in [0.2, 0.25) is 0 Å². The molecule has 0 aliphatic heterocycles. The molecule has 0 unspecified atom stereocenters. The van der Waals surface area contributed by atoms with Crippen LogP contribution in [0.15, 0.2) is 90.1 Å². The Morgan fingerprint density at radius 3 is 2.31 bits per heavy atom. The summed E-state index contributed by atoms with van der Waals surface area (Å²) in [5.41, 5.74) is 4.84. The van der Waals surface area contributed by atoms with Crippen molar-refractivity contribution in [2.24, 2.45) is 0 Å². The maximum Gasteiger partial charge on any atom is 0.166 e. The van der Waals surface area contributed by atoms with Crippen LogP contribution in [0.3, 0.4) is 0 Å². The number of thioether (sulfide) groups is 1. The second-order valence-electron chi connectivity index (χ2n) is 7.88. The molecule has 0 bridgehead atoms. The number of hydrogen-bond donors (Lipinski definition) is 1. The highest BCUT2D eigenvalue weighted by atomic mass is 32.2. The molecule has 1 heterocycles. The van der Waals surface area contributed by atoms with E-state index in [2.05, 4.69) is 34.2 Å². The van der Waals surface area contributed by atoms with E-state index in [1.54, 1.807) is 23.9 Å². The average molecular weight is 441 g/mol. The van der Waals surface area contributed by atoms with Gasteiger partial charge >= 0.3 is 0 Å². The van der Waals surface area contributed by atoms with Crippen LogP contribution in [0.5, 0.6) is 0 Å². The van der Waals surface area contributed by atoms with Crippen molar-refractivity contribution >= 4 is 39.4 Å². The van der Waals surface area contributed by atoms with Gasteiger partial charge in [0.15, 0.2) is 5.16 Å². The number of H-pyrrole nitrogens is 1. The van der Waals surface area contributed by atoms with Crippen LogP contribution in [0.1, 0.15) is 16.7 Å². The minimum absolute atomic E-state index is 0.185. The van der Waals surface area contributed by atoms with Crippen LogP contribution in [0, 0.1) is 5.82 Å². The number of nitrogens with one attached hydrogen (secondary N) is 1. The number of rotatable bonds is 7. The van der Waals surface area contributed by atoms with Crippen LogP contribution in [-0.2, 0) is 23.4 Å². The number of ketones is 1. The molecule has 3 nitrogen and oxygen atoms in total. The quantitative estimate of drug-likeness (QED) is 0.294. The first-order valence-electron chi connectivity index (χ1n) is 10.5. The number of Topliss-reactive ketones (excluding diaryl/α,β-unsaturated/α-hetero) is 1. The predicted octanol–water partition coefficient (Wildman–Crippen LogP) is 6.50. The smallest absolute Gasteiger partial charge is 0.166 e. The van der Waals surface area contributed by atoms with E-state index in [4.69, 9.17) is 0 Å². The van der Waals surface area contributed by atoms with Gasteiger partial charge in [-0.15, -0.1) is 0 Å². The number of aromatic amines is 1. The summed E-state index contributed by atoms with van der Waals surface area (Å²) in [5, 5.41) is 3.15. The fraction of sp³-hybridized carbons (Fsp3) is 0.111. The summed E-state index contributed by atoms with van der Waals surface area (Å²) in [7, 11) is 0. The summed E-state index contributed by atoms with van der Waals surface area (Å²) in [6, 6.07) is 26.8. The Hall–Kier alpha value is -3.44. The van der Waals surface area contributed by atoms with Crippen molar-refractivity contribution in [2.75, 3.05) is 0 Å². The van der Waals surface area contributed by atoms with Gasteiger partial charge in [0, 0.05) is 18.6 Å². The summed E-state index contributed by atoms with van der Waals surface area (Å²) >= 11 is 1.57. The van der Waals surface area contributed by atoms with E-state index in [1.165, 1.54) is 17.5 Å². The Morgan fingerprint density at radius 1 is 0.812 bits per heavy atom. The van der Waals surface area contributed by atoms with E-state index in [0.717, 1.165) is 38.3 Å². The van der Waals surface area contributed by atoms with E-state index in [-0.39, 0.29) is 11.6 Å². The molecule has 0 aliphatic carbocycles. The Bertz CT molecular complexity index is 1410. The second kappa shape index (κ2) is 8.97. The maximum absolute atomic E-state index is 13.1. The van der Waals surface area contributed by atoms with Crippen molar-refractivity contribution in [3.63, 3.8) is 0 Å². The molecular formula is C27H21FN2OS. The zero-order valence-electron chi connectivity index (χ0n) is 17.3. The number of imidazole rings is 1. The Labute approximate surface area is 189 Å². The number of benzene rings is 4. The van der Waals surface area contributed by atoms with Crippen molar-refractivity contribution < 1.29 is 9.18 Å². The van der Waals surface area contributed by atoms with Gasteiger partial charge in [0.1, 0.15) is 11.6 Å². The fourth-order valence-corrected chi connectivity index (χ4v) is 4.65. The highest BCUT2D eigenvalue weighted by molar-refractivity contribution is 7.98. The predicted molar refractivity (Wildman–Crippen MR) is 128 cm³/mol. The van der Waals surface area contributed by atoms with Crippen LogP contribution < -0.4 is 0 Å². The minimum atomic E-state index is -0.231. The molecule has 0 fully saturated rings. The highest BCUT2D eigenvalue weighted by Gasteiger charge is 2.09. The van der Waals surface area contributed by atoms with Gasteiger partial charge in [-0.2, -0.15) is 0 Å². The molecule has 32 heavy (non-hydrogen) atoms. The second-order valence-corrected chi connectivity index (χ2v) is 8.85. The molecule has 0 saturated heterocycles. The zero-order valence-corrected chi connectivity index (χ0v) is 18.2. The summed E-state index contributed by atoms with van der Waals surface area (Å²) < 4.78 is 13.1. The molecule has 158 valence electrons. The third kappa shape index (κ3) is 4.73. The van der Waals surface area contributed by atoms with Crippen molar-refractivity contribution in [3.8, 4) is 0 Å². The van der Waals surface area contributed by atoms with Crippen LogP contribution in [0.2, 0.25) is 0 Å². The molecule has 4 aromatic carbocycles. The lowest BCUT2D eigenvalue weighted by molar-refractivity contribution is -0.117. The van der Waals surface area contributed by atoms with Crippen molar-refractivity contribution in [2.45, 2.75) is 23.8 Å². The number of hydrogen-bond acceptors (Lipinski definition) is 3. The molecule has 0 atom stereocenters. The number of nitrogens with zero attached hydrogens (tertiary/aromatic N) is 1. The molecule has 0 aliphatic rings. The molecule has 0 saturated carbocycles. The molecule has 0 spiro atoms. The van der Waals surface area contributed by atoms with Gasteiger partial charge in [-0.1, -0.05) is 72.4 Å². The van der Waals surface area contributed by atoms with Gasteiger partial charge in [-0.25, -0.2) is 9.37 Å². The van der Waals surface area contributed by atoms with Gasteiger partial charge < -0.3 is 4.98 Å². The standard InChI is InChI=1S/C27H21FN2OS/c28-23-10-6-18(7-11-23)17-32-27-29-25-12-8-20(16-26(25)30-27)15-24(31)14-19-5-9-21-3-1-2-4-22(21)13-19/h1-13,16H,14-15,17H2,(H,29,30). The summed E-state index contributed by atoms with van der Waals surface area (Å²) in [5.74, 6) is 0.659. The average Bonchev–Trinajstić information content (AvgIpc) is 3.21. The molecule has 5 rings (SSSR count). The van der Waals surface area contributed by atoms with Crippen molar-refractivity contribution in [1.82, 2.24) is 9.97 Å². The van der Waals surface area contributed by atoms with E-state index in [9.17, 15) is 9.18 Å². The van der Waals surface area contributed by atoms with Crippen LogP contribution in [0.25, 0.3) is 21.8 Å². The molecule has 5 heteroatoms. The van der Waals surface area contributed by atoms with Gasteiger partial charge in [0.25, 0.3) is 0 Å². The Kier molecular flexibility index (Phi) is 5.73. The lowest BCUT2D eigenvalue weighted by Gasteiger charge is -2.04. The third-order valence-electron chi connectivity index (χ3n) is 5.43.